The first-order valence-electron chi connectivity index (χ1n) is 12.4. The van der Waals surface area contributed by atoms with Gasteiger partial charge in [0, 0.05) is 61.2 Å². The van der Waals surface area contributed by atoms with Crippen LogP contribution in [0.1, 0.15) is 19.0 Å². The predicted molar refractivity (Wildman–Crippen MR) is 145 cm³/mol. The Kier molecular flexibility index (Phi) is 6.39. The minimum Gasteiger partial charge on any atom is -0.353 e. The van der Waals surface area contributed by atoms with Gasteiger partial charge in [-0.1, -0.05) is 18.5 Å². The number of halogens is 1. The van der Waals surface area contributed by atoms with E-state index in [0.717, 1.165) is 39.9 Å². The van der Waals surface area contributed by atoms with Crippen LogP contribution in [0.25, 0.3) is 22.1 Å². The number of aromatic nitrogens is 5. The minimum absolute atomic E-state index is 0.0321. The zero-order chi connectivity index (χ0) is 25.7. The van der Waals surface area contributed by atoms with Gasteiger partial charge in [-0.05, 0) is 42.8 Å². The van der Waals surface area contributed by atoms with Crippen molar-refractivity contribution in [1.29, 1.82) is 0 Å². The van der Waals surface area contributed by atoms with Crippen LogP contribution in [0.3, 0.4) is 0 Å². The normalized spacial score (nSPS) is 22.0. The number of pyridine rings is 2. The number of likely N-dealkylation sites (tertiary alicyclic amines) is 1. The Morgan fingerprint density at radius 3 is 2.86 bits per heavy atom. The van der Waals surface area contributed by atoms with Gasteiger partial charge in [0.1, 0.15) is 11.5 Å². The van der Waals surface area contributed by atoms with Crippen LogP contribution in [0.5, 0.6) is 0 Å². The van der Waals surface area contributed by atoms with E-state index in [2.05, 4.69) is 19.9 Å². The quantitative estimate of drug-likeness (QED) is 0.327. The van der Waals surface area contributed by atoms with E-state index >= 15 is 0 Å². The second kappa shape index (κ2) is 9.71. The summed E-state index contributed by atoms with van der Waals surface area (Å²) in [6, 6.07) is 5.48. The van der Waals surface area contributed by atoms with E-state index in [4.69, 9.17) is 33.0 Å². The van der Waals surface area contributed by atoms with Crippen molar-refractivity contribution in [2.24, 2.45) is 17.4 Å². The van der Waals surface area contributed by atoms with Crippen molar-refractivity contribution in [3.05, 3.63) is 41.3 Å². The van der Waals surface area contributed by atoms with Gasteiger partial charge >= 0.3 is 0 Å². The molecule has 2 saturated heterocycles. The number of nitrogens with one attached hydrogen (secondary N) is 1. The number of hydrogen-bond donors (Lipinski definition) is 3. The van der Waals surface area contributed by atoms with Crippen LogP contribution in [0, 0.1) is 5.92 Å². The van der Waals surface area contributed by atoms with Gasteiger partial charge in [-0.2, -0.15) is 0 Å². The Morgan fingerprint density at radius 2 is 2.08 bits per heavy atom. The second-order valence-electron chi connectivity index (χ2n) is 9.65. The standard InChI is InChI=1S/C25H28ClN9OS/c1-2-17-21(26)20-22(31-17)32-25(37-14-8-19-18(30-9-14)4-3-6-29-19)33-23(20)35-11-15(16(28)12-35)24(36)34-7-5-13(27)10-34/h3-4,6,8-9,13,15-16H,2,5,7,10-12,27-28H2,1H3,(H,31,32,33)/t13?,15-,16?/m1/s1. The van der Waals surface area contributed by atoms with Gasteiger partial charge in [0.15, 0.2) is 5.16 Å². The summed E-state index contributed by atoms with van der Waals surface area (Å²) in [5.41, 5.74) is 15.7. The van der Waals surface area contributed by atoms with Crippen molar-refractivity contribution in [1.82, 2.24) is 29.8 Å². The molecule has 6 rings (SSSR count). The van der Waals surface area contributed by atoms with Crippen LogP contribution < -0.4 is 16.4 Å². The fourth-order valence-electron chi connectivity index (χ4n) is 5.17. The van der Waals surface area contributed by atoms with Crippen LogP contribution in [0.15, 0.2) is 40.6 Å². The molecule has 4 aromatic heterocycles. The smallest absolute Gasteiger partial charge is 0.229 e. The van der Waals surface area contributed by atoms with Crippen LogP contribution in [0.2, 0.25) is 5.02 Å². The van der Waals surface area contributed by atoms with E-state index in [1.807, 2.05) is 30.0 Å². The monoisotopic (exact) mass is 537 g/mol. The highest BCUT2D eigenvalue weighted by Crippen LogP contribution is 2.38. The molecule has 2 fully saturated rings. The van der Waals surface area contributed by atoms with Crippen LogP contribution in [-0.4, -0.2) is 74.0 Å². The van der Waals surface area contributed by atoms with Crippen molar-refractivity contribution in [3.8, 4) is 0 Å². The molecule has 0 spiro atoms. The molecule has 2 aliphatic heterocycles. The fourth-order valence-corrected chi connectivity index (χ4v) is 6.28. The first-order valence-corrected chi connectivity index (χ1v) is 13.6. The number of amides is 1. The SMILES string of the molecule is CCc1[nH]c2nc(Sc3cnc4cccnc4c3)nc(N3CC(N)[C@H](C(=O)N4CCC(N)C4)C3)c2c1Cl. The van der Waals surface area contributed by atoms with Crippen molar-refractivity contribution < 1.29 is 4.79 Å². The highest BCUT2D eigenvalue weighted by molar-refractivity contribution is 7.99. The molecule has 0 saturated carbocycles. The van der Waals surface area contributed by atoms with Gasteiger partial charge in [-0.25, -0.2) is 9.97 Å². The third-order valence-electron chi connectivity index (χ3n) is 7.13. The Bertz CT molecular complexity index is 1490. The molecule has 5 N–H and O–H groups in total. The summed E-state index contributed by atoms with van der Waals surface area (Å²) in [4.78, 5) is 40.0. The Morgan fingerprint density at radius 1 is 1.22 bits per heavy atom. The number of carbonyl (C=O) groups excluding carboxylic acids is 1. The lowest BCUT2D eigenvalue weighted by atomic mass is 10.0. The molecule has 0 bridgehead atoms. The lowest BCUT2D eigenvalue weighted by molar-refractivity contribution is -0.134. The highest BCUT2D eigenvalue weighted by Gasteiger charge is 2.40. The molecule has 2 aliphatic rings. The van der Waals surface area contributed by atoms with E-state index in [9.17, 15) is 4.79 Å². The molecule has 3 atom stereocenters. The molecule has 192 valence electrons. The lowest BCUT2D eigenvalue weighted by Crippen LogP contribution is -2.43. The molecule has 0 radical (unpaired) electrons. The third-order valence-corrected chi connectivity index (χ3v) is 8.37. The number of aromatic amines is 1. The summed E-state index contributed by atoms with van der Waals surface area (Å²) in [6.07, 6.45) is 5.09. The largest absolute Gasteiger partial charge is 0.353 e. The Labute approximate surface area is 223 Å². The molecule has 2 unspecified atom stereocenters. The van der Waals surface area contributed by atoms with E-state index in [0.29, 0.717) is 47.8 Å². The zero-order valence-corrected chi connectivity index (χ0v) is 22.0. The summed E-state index contributed by atoms with van der Waals surface area (Å²) in [6.45, 7) is 4.26. The van der Waals surface area contributed by atoms with Crippen molar-refractivity contribution in [2.45, 2.75) is 41.9 Å². The number of carbonyl (C=O) groups is 1. The zero-order valence-electron chi connectivity index (χ0n) is 20.4. The van der Waals surface area contributed by atoms with Crippen LogP contribution in [-0.2, 0) is 11.2 Å². The third kappa shape index (κ3) is 4.50. The lowest BCUT2D eigenvalue weighted by Gasteiger charge is -2.22. The fraction of sp³-hybridized carbons (Fsp3) is 0.400. The molecule has 0 aliphatic carbocycles. The van der Waals surface area contributed by atoms with E-state index < -0.39 is 0 Å². The first-order chi connectivity index (χ1) is 17.9. The number of nitrogens with two attached hydrogens (primary N) is 2. The number of fused-ring (bicyclic) bond motifs is 2. The molecule has 6 heterocycles. The Balaban J connectivity index is 1.35. The maximum Gasteiger partial charge on any atom is 0.229 e. The van der Waals surface area contributed by atoms with Crippen molar-refractivity contribution >= 4 is 57.2 Å². The number of hydrogen-bond acceptors (Lipinski definition) is 9. The number of nitrogens with zero attached hydrogens (tertiary/aromatic N) is 6. The van der Waals surface area contributed by atoms with Crippen LogP contribution >= 0.6 is 23.4 Å². The topological polar surface area (TPSA) is 143 Å². The molecule has 4 aromatic rings. The number of aryl methyl sites for hydroxylation is 1. The molecule has 10 nitrogen and oxygen atoms in total. The van der Waals surface area contributed by atoms with Crippen LogP contribution in [0.4, 0.5) is 5.82 Å². The molecule has 37 heavy (non-hydrogen) atoms. The average Bonchev–Trinajstić information content (AvgIpc) is 3.60. The Hall–Kier alpha value is -2.99. The van der Waals surface area contributed by atoms with Crippen molar-refractivity contribution in [3.63, 3.8) is 0 Å². The summed E-state index contributed by atoms with van der Waals surface area (Å²) in [5.74, 6) is 0.418. The van der Waals surface area contributed by atoms with E-state index in [1.165, 1.54) is 11.8 Å². The van der Waals surface area contributed by atoms with Gasteiger partial charge in [-0.3, -0.25) is 14.8 Å². The predicted octanol–water partition coefficient (Wildman–Crippen LogP) is 2.59. The van der Waals surface area contributed by atoms with Gasteiger partial charge in [0.25, 0.3) is 0 Å². The van der Waals surface area contributed by atoms with Crippen molar-refractivity contribution in [2.75, 3.05) is 31.1 Å². The average molecular weight is 538 g/mol. The van der Waals surface area contributed by atoms with E-state index in [1.54, 1.807) is 12.4 Å². The van der Waals surface area contributed by atoms with Gasteiger partial charge in [0.2, 0.25) is 5.91 Å². The summed E-state index contributed by atoms with van der Waals surface area (Å²) >= 11 is 8.20. The molecule has 12 heteroatoms. The molecular formula is C25H28ClN9OS. The van der Waals surface area contributed by atoms with E-state index in [-0.39, 0.29) is 23.9 Å². The van der Waals surface area contributed by atoms with Gasteiger partial charge in [0.05, 0.1) is 27.4 Å². The second-order valence-corrected chi connectivity index (χ2v) is 11.1. The maximum absolute atomic E-state index is 13.3. The number of anilines is 1. The first kappa shape index (κ1) is 24.4. The molecule has 1 amide bonds. The maximum atomic E-state index is 13.3. The van der Waals surface area contributed by atoms with Gasteiger partial charge < -0.3 is 26.3 Å². The number of H-pyrrole nitrogens is 1. The highest BCUT2D eigenvalue weighted by atomic mass is 35.5. The summed E-state index contributed by atoms with van der Waals surface area (Å²) in [7, 11) is 0. The molecular weight excluding hydrogens is 510 g/mol. The summed E-state index contributed by atoms with van der Waals surface area (Å²) in [5, 5.41) is 1.91. The van der Waals surface area contributed by atoms with Gasteiger partial charge in [-0.15, -0.1) is 0 Å². The molecule has 0 aromatic carbocycles. The minimum atomic E-state index is -0.328. The number of rotatable bonds is 5. The summed E-state index contributed by atoms with van der Waals surface area (Å²) < 4.78 is 0.